The van der Waals surface area contributed by atoms with Gasteiger partial charge in [-0.3, -0.25) is 14.8 Å². The number of carbonyl (C=O) groups excluding carboxylic acids is 1. The van der Waals surface area contributed by atoms with E-state index in [1.54, 1.807) is 18.6 Å². The zero-order valence-electron chi connectivity index (χ0n) is 12.5. The summed E-state index contributed by atoms with van der Waals surface area (Å²) in [4.78, 5) is 19.3. The second kappa shape index (κ2) is 7.97. The number of pyridine rings is 2. The van der Waals surface area contributed by atoms with E-state index in [4.69, 9.17) is 0 Å². The minimum atomic E-state index is -0.248. The predicted molar refractivity (Wildman–Crippen MR) is 90.4 cm³/mol. The van der Waals surface area contributed by atoms with Gasteiger partial charge in [0.15, 0.2) is 5.78 Å². The van der Waals surface area contributed by atoms with Gasteiger partial charge in [0, 0.05) is 36.8 Å². The Morgan fingerprint density at radius 1 is 0.957 bits per heavy atom. The molecule has 0 aliphatic heterocycles. The molecule has 0 fully saturated rings. The molecule has 2 aromatic rings. The number of nitrogens with zero attached hydrogens (tertiary/aromatic N) is 2. The molecule has 0 aromatic carbocycles. The molecule has 0 radical (unpaired) electrons. The number of hydrogen-bond acceptors (Lipinski definition) is 4. The first-order valence-electron chi connectivity index (χ1n) is 7.82. The summed E-state index contributed by atoms with van der Waals surface area (Å²) in [6.07, 6.45) is 12.6. The van der Waals surface area contributed by atoms with Gasteiger partial charge in [-0.05, 0) is 60.9 Å². The van der Waals surface area contributed by atoms with Crippen molar-refractivity contribution >= 4 is 5.78 Å². The first-order chi connectivity index (χ1) is 10.8. The summed E-state index contributed by atoms with van der Waals surface area (Å²) in [6.45, 7) is 0. The summed E-state index contributed by atoms with van der Waals surface area (Å²) >= 11 is 0. The van der Waals surface area contributed by atoms with E-state index >= 15 is 0 Å². The average Bonchev–Trinajstić information content (AvgIpc) is 2.57. The molecule has 1 unspecified atom stereocenters. The molecule has 122 valence electrons. The van der Waals surface area contributed by atoms with Gasteiger partial charge in [0.25, 0.3) is 0 Å². The standard InChI is InChI=1S/C9H11NO.C9H9NO.CH4/c2*11-9-3-1-2-7-6-10-5-4-8(7)9;/h4-6,9,11H,1-3H2;4-6H,1-3H2;1H4. The van der Waals surface area contributed by atoms with Crippen LogP contribution in [0.1, 0.15) is 66.3 Å². The van der Waals surface area contributed by atoms with Gasteiger partial charge in [-0.15, -0.1) is 0 Å². The topological polar surface area (TPSA) is 63.1 Å². The molecule has 0 bridgehead atoms. The Kier molecular flexibility index (Phi) is 5.99. The molecule has 4 rings (SSSR count). The summed E-state index contributed by atoms with van der Waals surface area (Å²) in [5.74, 6) is 0.272. The molecule has 0 spiro atoms. The normalized spacial score (nSPS) is 18.7. The third kappa shape index (κ3) is 4.02. The van der Waals surface area contributed by atoms with Crippen molar-refractivity contribution in [2.75, 3.05) is 0 Å². The number of Topliss-reactive ketones (excluding diaryl/α,β-unsaturated/α-hetero) is 1. The first kappa shape index (κ1) is 17.3. The molecular weight excluding hydrogens is 288 g/mol. The number of hydrogen-bond donors (Lipinski definition) is 1. The maximum Gasteiger partial charge on any atom is 0.163 e. The van der Waals surface area contributed by atoms with E-state index in [-0.39, 0.29) is 19.3 Å². The lowest BCUT2D eigenvalue weighted by molar-refractivity contribution is 0.0972. The quantitative estimate of drug-likeness (QED) is 0.806. The number of aromatic nitrogens is 2. The van der Waals surface area contributed by atoms with Crippen LogP contribution in [0.4, 0.5) is 0 Å². The van der Waals surface area contributed by atoms with Crippen molar-refractivity contribution in [2.24, 2.45) is 0 Å². The molecular formula is C19H24N2O2. The van der Waals surface area contributed by atoms with Gasteiger partial charge < -0.3 is 5.11 Å². The Bertz CT molecular complexity index is 670. The second-order valence-electron chi connectivity index (χ2n) is 5.79. The molecule has 1 atom stereocenters. The van der Waals surface area contributed by atoms with Crippen molar-refractivity contribution in [3.05, 3.63) is 59.2 Å². The highest BCUT2D eigenvalue weighted by atomic mass is 16.3. The highest BCUT2D eigenvalue weighted by molar-refractivity contribution is 5.98. The SMILES string of the molecule is C.O=C1CCCc2cnccc21.OC1CCCc2cnccc21. The van der Waals surface area contributed by atoms with Gasteiger partial charge >= 0.3 is 0 Å². The lowest BCUT2D eigenvalue weighted by Crippen LogP contribution is -2.10. The average molecular weight is 312 g/mol. The Morgan fingerprint density at radius 2 is 1.65 bits per heavy atom. The van der Waals surface area contributed by atoms with E-state index in [0.29, 0.717) is 6.42 Å². The Labute approximate surface area is 137 Å². The smallest absolute Gasteiger partial charge is 0.163 e. The monoisotopic (exact) mass is 312 g/mol. The maximum absolute atomic E-state index is 11.3. The lowest BCUT2D eigenvalue weighted by Gasteiger charge is -2.19. The summed E-state index contributed by atoms with van der Waals surface area (Å²) in [5.41, 5.74) is 4.28. The van der Waals surface area contributed by atoms with Crippen molar-refractivity contribution in [3.63, 3.8) is 0 Å². The minimum Gasteiger partial charge on any atom is -0.388 e. The summed E-state index contributed by atoms with van der Waals surface area (Å²) < 4.78 is 0. The zero-order chi connectivity index (χ0) is 15.4. The van der Waals surface area contributed by atoms with Gasteiger partial charge in [0.2, 0.25) is 0 Å². The van der Waals surface area contributed by atoms with E-state index in [1.165, 1.54) is 5.56 Å². The van der Waals surface area contributed by atoms with E-state index in [2.05, 4.69) is 9.97 Å². The zero-order valence-corrected chi connectivity index (χ0v) is 12.5. The van der Waals surface area contributed by atoms with Crippen LogP contribution in [0.3, 0.4) is 0 Å². The highest BCUT2D eigenvalue weighted by Gasteiger charge is 2.17. The van der Waals surface area contributed by atoms with Crippen LogP contribution < -0.4 is 0 Å². The Hall–Kier alpha value is -2.07. The maximum atomic E-state index is 11.3. The van der Waals surface area contributed by atoms with Crippen LogP contribution in [0.25, 0.3) is 0 Å². The molecule has 0 saturated carbocycles. The third-order valence-electron chi connectivity index (χ3n) is 4.28. The van der Waals surface area contributed by atoms with Crippen LogP contribution in [-0.2, 0) is 12.8 Å². The predicted octanol–water partition coefficient (Wildman–Crippen LogP) is 3.69. The number of fused-ring (bicyclic) bond motifs is 2. The van der Waals surface area contributed by atoms with Crippen LogP contribution in [-0.4, -0.2) is 20.9 Å². The highest BCUT2D eigenvalue weighted by Crippen LogP contribution is 2.28. The fourth-order valence-electron chi connectivity index (χ4n) is 3.09. The van der Waals surface area contributed by atoms with Crippen molar-refractivity contribution in [2.45, 2.75) is 52.1 Å². The summed E-state index contributed by atoms with van der Waals surface area (Å²) in [7, 11) is 0. The van der Waals surface area contributed by atoms with Crippen LogP contribution in [0.5, 0.6) is 0 Å². The molecule has 0 amide bonds. The number of aliphatic hydroxyl groups excluding tert-OH is 1. The van der Waals surface area contributed by atoms with Gasteiger partial charge in [0.05, 0.1) is 6.10 Å². The molecule has 2 aromatic heterocycles. The van der Waals surface area contributed by atoms with Gasteiger partial charge in [0.1, 0.15) is 0 Å². The van der Waals surface area contributed by atoms with Gasteiger partial charge in [-0.25, -0.2) is 0 Å². The number of aryl methyl sites for hydroxylation is 2. The fraction of sp³-hybridized carbons (Fsp3) is 0.421. The molecule has 4 heteroatoms. The number of ketones is 1. The largest absolute Gasteiger partial charge is 0.388 e. The Morgan fingerprint density at radius 3 is 2.39 bits per heavy atom. The fourth-order valence-corrected chi connectivity index (χ4v) is 3.09. The third-order valence-corrected chi connectivity index (χ3v) is 4.28. The van der Waals surface area contributed by atoms with Gasteiger partial charge in [-0.2, -0.15) is 0 Å². The molecule has 0 saturated heterocycles. The van der Waals surface area contributed by atoms with E-state index < -0.39 is 0 Å². The van der Waals surface area contributed by atoms with Crippen LogP contribution in [0, 0.1) is 0 Å². The number of rotatable bonds is 0. The lowest BCUT2D eigenvalue weighted by atomic mass is 9.91. The summed E-state index contributed by atoms with van der Waals surface area (Å²) in [5, 5.41) is 9.53. The number of aliphatic hydroxyl groups is 1. The molecule has 23 heavy (non-hydrogen) atoms. The van der Waals surface area contributed by atoms with E-state index in [0.717, 1.165) is 48.8 Å². The molecule has 1 N–H and O–H groups in total. The van der Waals surface area contributed by atoms with Crippen LogP contribution >= 0.6 is 0 Å². The van der Waals surface area contributed by atoms with Crippen LogP contribution in [0.2, 0.25) is 0 Å². The second-order valence-corrected chi connectivity index (χ2v) is 5.79. The van der Waals surface area contributed by atoms with E-state index in [9.17, 15) is 9.90 Å². The first-order valence-corrected chi connectivity index (χ1v) is 7.82. The van der Waals surface area contributed by atoms with E-state index in [1.807, 2.05) is 18.3 Å². The van der Waals surface area contributed by atoms with Crippen molar-refractivity contribution in [1.29, 1.82) is 0 Å². The van der Waals surface area contributed by atoms with Gasteiger partial charge in [-0.1, -0.05) is 7.43 Å². The Balaban J connectivity index is 0.000000160. The van der Waals surface area contributed by atoms with Crippen molar-refractivity contribution < 1.29 is 9.90 Å². The summed E-state index contributed by atoms with van der Waals surface area (Å²) in [6, 6.07) is 3.73. The molecule has 2 aliphatic carbocycles. The molecule has 2 aliphatic rings. The molecule has 4 nitrogen and oxygen atoms in total. The van der Waals surface area contributed by atoms with Crippen molar-refractivity contribution in [3.8, 4) is 0 Å². The van der Waals surface area contributed by atoms with Crippen molar-refractivity contribution in [1.82, 2.24) is 9.97 Å². The minimum absolute atomic E-state index is 0. The molecule has 2 heterocycles. The van der Waals surface area contributed by atoms with Crippen LogP contribution in [0.15, 0.2) is 36.9 Å². The number of carbonyl (C=O) groups is 1.